The van der Waals surface area contributed by atoms with Gasteiger partial charge in [0, 0.05) is 17.3 Å². The molecule has 0 aliphatic heterocycles. The number of nitrogens with two attached hydrogens (primary N) is 1. The first-order valence-corrected chi connectivity index (χ1v) is 5.66. The fraction of sp³-hybridized carbons (Fsp3) is 0.417. The minimum atomic E-state index is -0.686. The normalized spacial score (nSPS) is 10.4. The van der Waals surface area contributed by atoms with Crippen LogP contribution in [-0.2, 0) is 0 Å². The molecule has 18 heavy (non-hydrogen) atoms. The predicted octanol–water partition coefficient (Wildman–Crippen LogP) is -0.250. The smallest absolute Gasteiger partial charge is 0.251 e. The second-order valence-electron chi connectivity index (χ2n) is 3.76. The molecule has 0 aliphatic carbocycles. The van der Waals surface area contributed by atoms with Crippen molar-refractivity contribution in [1.82, 2.24) is 5.32 Å². The van der Waals surface area contributed by atoms with Gasteiger partial charge in [-0.15, -0.1) is 0 Å². The Kier molecular flexibility index (Phi) is 5.41. The number of hydrogen-bond donors (Lipinski definition) is 4. The highest BCUT2D eigenvalue weighted by atomic mass is 16.5. The van der Waals surface area contributed by atoms with Crippen LogP contribution in [0.1, 0.15) is 17.3 Å². The Balaban J connectivity index is 2.84. The molecule has 0 aliphatic rings. The van der Waals surface area contributed by atoms with Crippen LogP contribution in [0.25, 0.3) is 0 Å². The Morgan fingerprint density at radius 1 is 1.39 bits per heavy atom. The average Bonchev–Trinajstić information content (AvgIpc) is 2.35. The molecule has 1 amide bonds. The third-order valence-electron chi connectivity index (χ3n) is 2.28. The van der Waals surface area contributed by atoms with E-state index in [1.807, 2.05) is 6.92 Å². The highest BCUT2D eigenvalue weighted by Gasteiger charge is 2.13. The number of nitrogen functional groups attached to an aromatic ring is 1. The summed E-state index contributed by atoms with van der Waals surface area (Å²) in [6, 6.07) is 4.00. The van der Waals surface area contributed by atoms with Gasteiger partial charge in [-0.05, 0) is 19.1 Å². The van der Waals surface area contributed by atoms with Gasteiger partial charge in [0.2, 0.25) is 0 Å². The van der Waals surface area contributed by atoms with E-state index >= 15 is 0 Å². The molecule has 1 aromatic carbocycles. The van der Waals surface area contributed by atoms with Crippen molar-refractivity contribution < 1.29 is 19.7 Å². The zero-order chi connectivity index (χ0) is 13.5. The van der Waals surface area contributed by atoms with Crippen molar-refractivity contribution >= 4 is 11.6 Å². The molecule has 0 heterocycles. The van der Waals surface area contributed by atoms with E-state index in [0.29, 0.717) is 23.6 Å². The van der Waals surface area contributed by atoms with Gasteiger partial charge in [-0.3, -0.25) is 4.79 Å². The van der Waals surface area contributed by atoms with Gasteiger partial charge >= 0.3 is 0 Å². The lowest BCUT2D eigenvalue weighted by Gasteiger charge is -2.14. The van der Waals surface area contributed by atoms with Gasteiger partial charge in [0.1, 0.15) is 5.75 Å². The van der Waals surface area contributed by atoms with Crippen molar-refractivity contribution in [3.63, 3.8) is 0 Å². The van der Waals surface area contributed by atoms with Gasteiger partial charge in [0.15, 0.2) is 0 Å². The summed E-state index contributed by atoms with van der Waals surface area (Å²) in [7, 11) is 0. The Bertz CT molecular complexity index is 405. The molecule has 0 atom stereocenters. The Labute approximate surface area is 105 Å². The average molecular weight is 254 g/mol. The van der Waals surface area contributed by atoms with Gasteiger partial charge in [-0.25, -0.2) is 0 Å². The molecule has 5 N–H and O–H groups in total. The van der Waals surface area contributed by atoms with E-state index in [0.717, 1.165) is 0 Å². The monoisotopic (exact) mass is 254 g/mol. The maximum absolute atomic E-state index is 11.8. The second-order valence-corrected chi connectivity index (χ2v) is 3.76. The molecule has 6 heteroatoms. The number of carbonyl (C=O) groups excluding carboxylic acids is 1. The lowest BCUT2D eigenvalue weighted by Crippen LogP contribution is -2.40. The third kappa shape index (κ3) is 3.90. The zero-order valence-corrected chi connectivity index (χ0v) is 10.2. The summed E-state index contributed by atoms with van der Waals surface area (Å²) >= 11 is 0. The lowest BCUT2D eigenvalue weighted by atomic mass is 10.1. The van der Waals surface area contributed by atoms with Crippen LogP contribution in [0.15, 0.2) is 18.2 Å². The highest BCUT2D eigenvalue weighted by Crippen LogP contribution is 2.19. The molecule has 0 saturated carbocycles. The summed E-state index contributed by atoms with van der Waals surface area (Å²) in [5, 5.41) is 20.3. The number of ether oxygens (including phenoxy) is 1. The summed E-state index contributed by atoms with van der Waals surface area (Å²) in [4.78, 5) is 11.8. The first-order valence-electron chi connectivity index (χ1n) is 5.66. The quantitative estimate of drug-likeness (QED) is 0.524. The number of carbonyl (C=O) groups is 1. The number of aliphatic hydroxyl groups excluding tert-OH is 2. The minimum Gasteiger partial charge on any atom is -0.494 e. The van der Waals surface area contributed by atoms with Crippen molar-refractivity contribution in [2.45, 2.75) is 13.0 Å². The number of hydrogen-bond acceptors (Lipinski definition) is 5. The molecular weight excluding hydrogens is 236 g/mol. The van der Waals surface area contributed by atoms with E-state index in [4.69, 9.17) is 20.7 Å². The number of anilines is 1. The van der Waals surface area contributed by atoms with Crippen LogP contribution in [-0.4, -0.2) is 42.0 Å². The fourth-order valence-corrected chi connectivity index (χ4v) is 1.42. The maximum atomic E-state index is 11.8. The van der Waals surface area contributed by atoms with E-state index in [-0.39, 0.29) is 13.2 Å². The molecule has 0 fully saturated rings. The molecule has 0 saturated heterocycles. The van der Waals surface area contributed by atoms with Crippen molar-refractivity contribution in [2.24, 2.45) is 0 Å². The molecule has 0 unspecified atom stereocenters. The number of nitrogens with one attached hydrogen (secondary N) is 1. The van der Waals surface area contributed by atoms with Gasteiger partial charge < -0.3 is 26.0 Å². The molecule has 0 aromatic heterocycles. The van der Waals surface area contributed by atoms with E-state index in [2.05, 4.69) is 5.32 Å². The Morgan fingerprint density at radius 3 is 2.61 bits per heavy atom. The maximum Gasteiger partial charge on any atom is 0.251 e. The third-order valence-corrected chi connectivity index (χ3v) is 2.28. The van der Waals surface area contributed by atoms with Gasteiger partial charge in [0.05, 0.1) is 25.9 Å². The highest BCUT2D eigenvalue weighted by molar-refractivity contribution is 5.95. The van der Waals surface area contributed by atoms with Crippen LogP contribution >= 0.6 is 0 Å². The summed E-state index contributed by atoms with van der Waals surface area (Å²) in [6.45, 7) is 1.64. The predicted molar refractivity (Wildman–Crippen MR) is 67.4 cm³/mol. The van der Waals surface area contributed by atoms with Crippen molar-refractivity contribution in [3.8, 4) is 5.75 Å². The van der Waals surface area contributed by atoms with Crippen LogP contribution in [0.2, 0.25) is 0 Å². The topological polar surface area (TPSA) is 105 Å². The zero-order valence-electron chi connectivity index (χ0n) is 10.2. The molecule has 1 rings (SSSR count). The second kappa shape index (κ2) is 6.83. The van der Waals surface area contributed by atoms with Crippen molar-refractivity contribution in [3.05, 3.63) is 23.8 Å². The Morgan fingerprint density at radius 2 is 2.06 bits per heavy atom. The minimum absolute atomic E-state index is 0.324. The van der Waals surface area contributed by atoms with E-state index < -0.39 is 11.9 Å². The number of rotatable bonds is 6. The fourth-order valence-electron chi connectivity index (χ4n) is 1.42. The van der Waals surface area contributed by atoms with Crippen LogP contribution in [0.4, 0.5) is 5.69 Å². The number of aliphatic hydroxyl groups is 2. The summed E-state index contributed by atoms with van der Waals surface area (Å²) < 4.78 is 5.28. The van der Waals surface area contributed by atoms with E-state index in [1.54, 1.807) is 12.1 Å². The van der Waals surface area contributed by atoms with Gasteiger partial charge in [-0.2, -0.15) is 0 Å². The molecular formula is C12H18N2O4. The van der Waals surface area contributed by atoms with Crippen LogP contribution in [0, 0.1) is 0 Å². The van der Waals surface area contributed by atoms with Gasteiger partial charge in [0.25, 0.3) is 5.91 Å². The molecule has 6 nitrogen and oxygen atoms in total. The lowest BCUT2D eigenvalue weighted by molar-refractivity contribution is 0.0879. The summed E-state index contributed by atoms with van der Waals surface area (Å²) in [6.07, 6.45) is 0. The summed E-state index contributed by atoms with van der Waals surface area (Å²) in [5.74, 6) is 0.0866. The molecule has 0 radical (unpaired) electrons. The van der Waals surface area contributed by atoms with E-state index in [1.165, 1.54) is 6.07 Å². The van der Waals surface area contributed by atoms with Crippen LogP contribution in [0.3, 0.4) is 0 Å². The molecule has 0 spiro atoms. The van der Waals surface area contributed by atoms with Crippen molar-refractivity contribution in [1.29, 1.82) is 0 Å². The molecule has 0 bridgehead atoms. The first-order chi connectivity index (χ1) is 8.60. The van der Waals surface area contributed by atoms with Crippen molar-refractivity contribution in [2.75, 3.05) is 25.6 Å². The largest absolute Gasteiger partial charge is 0.494 e. The van der Waals surface area contributed by atoms with Crippen LogP contribution in [0.5, 0.6) is 5.75 Å². The van der Waals surface area contributed by atoms with Crippen LogP contribution < -0.4 is 15.8 Å². The first kappa shape index (κ1) is 14.3. The standard InChI is InChI=1S/C12H18N2O4/c1-2-18-11-4-8(3-9(13)5-11)12(17)14-10(6-15)7-16/h3-5,10,15-16H,2,6-7,13H2,1H3,(H,14,17). The number of benzene rings is 1. The molecule has 100 valence electrons. The van der Waals surface area contributed by atoms with Gasteiger partial charge in [-0.1, -0.05) is 0 Å². The summed E-state index contributed by atoms with van der Waals surface area (Å²) in [5.41, 5.74) is 6.40. The SMILES string of the molecule is CCOc1cc(N)cc(C(=O)NC(CO)CO)c1. The number of amides is 1. The Hall–Kier alpha value is -1.79. The molecule has 1 aromatic rings. The van der Waals surface area contributed by atoms with E-state index in [9.17, 15) is 4.79 Å².